The third-order valence-electron chi connectivity index (χ3n) is 2.84. The Kier molecular flexibility index (Phi) is 7.49. The van der Waals surface area contributed by atoms with Crippen molar-refractivity contribution >= 4 is 52.7 Å². The second-order valence-corrected chi connectivity index (χ2v) is 6.50. The Morgan fingerprint density at radius 2 is 1.88 bits per heavy atom. The van der Waals surface area contributed by atoms with E-state index in [4.69, 9.17) is 20.9 Å². The van der Waals surface area contributed by atoms with Crippen LogP contribution in [0.15, 0.2) is 34.9 Å². The maximum atomic E-state index is 11.8. The van der Waals surface area contributed by atoms with Crippen molar-refractivity contribution in [3.8, 4) is 0 Å². The minimum absolute atomic E-state index is 0.0512. The number of carbonyl (C=O) groups is 3. The number of esters is 1. The minimum atomic E-state index is -0.597. The molecule has 0 fully saturated rings. The number of aromatic nitrogens is 1. The van der Waals surface area contributed by atoms with E-state index in [0.717, 1.165) is 11.8 Å². The minimum Gasteiger partial charge on any atom is -0.455 e. The number of halogens is 1. The summed E-state index contributed by atoms with van der Waals surface area (Å²) in [5.74, 6) is -0.573. The fourth-order valence-corrected chi connectivity index (χ4v) is 2.48. The van der Waals surface area contributed by atoms with Crippen LogP contribution in [0.25, 0.3) is 0 Å². The summed E-state index contributed by atoms with van der Waals surface area (Å²) in [7, 11) is 0. The number of nitrogens with zero attached hydrogens (tertiary/aromatic N) is 1. The number of anilines is 2. The van der Waals surface area contributed by atoms with Crippen molar-refractivity contribution in [2.75, 3.05) is 28.7 Å². The van der Waals surface area contributed by atoms with E-state index < -0.39 is 18.5 Å². The van der Waals surface area contributed by atoms with Crippen LogP contribution >= 0.6 is 23.4 Å². The summed E-state index contributed by atoms with van der Waals surface area (Å²) in [6.07, 6.45) is 0. The van der Waals surface area contributed by atoms with Crippen molar-refractivity contribution in [3.05, 3.63) is 41.1 Å². The van der Waals surface area contributed by atoms with Gasteiger partial charge in [-0.15, -0.1) is 11.8 Å². The van der Waals surface area contributed by atoms with E-state index in [1.165, 1.54) is 6.07 Å². The van der Waals surface area contributed by atoms with Crippen molar-refractivity contribution in [3.63, 3.8) is 0 Å². The van der Waals surface area contributed by atoms with Crippen LogP contribution in [0, 0.1) is 6.92 Å². The van der Waals surface area contributed by atoms with Crippen LogP contribution in [0.4, 0.5) is 11.5 Å². The van der Waals surface area contributed by atoms with Gasteiger partial charge in [0.15, 0.2) is 12.4 Å². The van der Waals surface area contributed by atoms with Crippen LogP contribution in [0.1, 0.15) is 5.76 Å². The van der Waals surface area contributed by atoms with Crippen molar-refractivity contribution in [1.82, 2.24) is 5.16 Å². The second kappa shape index (κ2) is 9.83. The van der Waals surface area contributed by atoms with Gasteiger partial charge in [0.2, 0.25) is 5.91 Å². The first-order chi connectivity index (χ1) is 12.4. The zero-order valence-corrected chi connectivity index (χ0v) is 15.4. The van der Waals surface area contributed by atoms with Crippen LogP contribution in [0.2, 0.25) is 5.02 Å². The summed E-state index contributed by atoms with van der Waals surface area (Å²) >= 11 is 6.84. The molecule has 1 heterocycles. The summed E-state index contributed by atoms with van der Waals surface area (Å²) in [4.78, 5) is 34.9. The Balaban J connectivity index is 1.60. The molecule has 0 unspecified atom stereocenters. The first-order valence-corrected chi connectivity index (χ1v) is 8.97. The smallest absolute Gasteiger partial charge is 0.316 e. The molecule has 1 aromatic heterocycles. The van der Waals surface area contributed by atoms with Crippen molar-refractivity contribution < 1.29 is 23.6 Å². The first-order valence-electron chi connectivity index (χ1n) is 7.44. The normalized spacial score (nSPS) is 10.2. The molecule has 8 nitrogen and oxygen atoms in total. The number of nitrogens with one attached hydrogen (secondary N) is 2. The van der Waals surface area contributed by atoms with Gasteiger partial charge < -0.3 is 19.9 Å². The molecule has 10 heteroatoms. The lowest BCUT2D eigenvalue weighted by molar-refractivity contribution is -0.144. The highest BCUT2D eigenvalue weighted by Gasteiger charge is 2.11. The lowest BCUT2D eigenvalue weighted by Crippen LogP contribution is -2.22. The topological polar surface area (TPSA) is 111 Å². The molecule has 0 saturated carbocycles. The quantitative estimate of drug-likeness (QED) is 0.658. The zero-order valence-electron chi connectivity index (χ0n) is 13.8. The Morgan fingerprint density at radius 3 is 2.54 bits per heavy atom. The highest BCUT2D eigenvalue weighted by Crippen LogP contribution is 2.14. The van der Waals surface area contributed by atoms with E-state index in [1.807, 2.05) is 0 Å². The second-order valence-electron chi connectivity index (χ2n) is 5.08. The summed E-state index contributed by atoms with van der Waals surface area (Å²) in [5, 5.41) is 9.25. The molecule has 2 aromatic rings. The number of hydrogen-bond acceptors (Lipinski definition) is 7. The summed E-state index contributed by atoms with van der Waals surface area (Å²) < 4.78 is 9.61. The molecule has 2 N–H and O–H groups in total. The van der Waals surface area contributed by atoms with Gasteiger partial charge in [0.25, 0.3) is 5.91 Å². The lowest BCUT2D eigenvalue weighted by Gasteiger charge is -2.06. The molecule has 2 amide bonds. The van der Waals surface area contributed by atoms with Gasteiger partial charge in [0, 0.05) is 16.8 Å². The number of benzene rings is 1. The van der Waals surface area contributed by atoms with E-state index in [-0.39, 0.29) is 23.2 Å². The third-order valence-corrected chi connectivity index (χ3v) is 4.00. The molecule has 2 rings (SSSR count). The predicted octanol–water partition coefficient (Wildman–Crippen LogP) is 2.49. The number of hydrogen-bond donors (Lipinski definition) is 2. The van der Waals surface area contributed by atoms with Crippen LogP contribution in [0.3, 0.4) is 0 Å². The number of amides is 2. The third kappa shape index (κ3) is 7.16. The SMILES string of the molecule is Cc1cc(NC(=O)COC(=O)CSCC(=O)Nc2ccc(Cl)cc2)no1. The number of carbonyl (C=O) groups excluding carboxylic acids is 3. The standard InChI is InChI=1S/C16H16ClN3O5S/c1-10-6-13(20-25-10)19-14(21)7-24-16(23)9-26-8-15(22)18-12-4-2-11(17)3-5-12/h2-6H,7-9H2,1H3,(H,18,22)(H,19,20,21). The van der Waals surface area contributed by atoms with Gasteiger partial charge in [-0.2, -0.15) is 0 Å². The van der Waals surface area contributed by atoms with Crippen molar-refractivity contribution in [2.45, 2.75) is 6.92 Å². The van der Waals surface area contributed by atoms with Crippen molar-refractivity contribution in [2.24, 2.45) is 0 Å². The molecule has 0 aliphatic carbocycles. The van der Waals surface area contributed by atoms with Gasteiger partial charge >= 0.3 is 5.97 Å². The van der Waals surface area contributed by atoms with E-state index in [2.05, 4.69) is 15.8 Å². The molecule has 26 heavy (non-hydrogen) atoms. The number of aryl methyl sites for hydroxylation is 1. The molecule has 0 saturated heterocycles. The monoisotopic (exact) mass is 397 g/mol. The number of ether oxygens (including phenoxy) is 1. The highest BCUT2D eigenvalue weighted by atomic mass is 35.5. The Bertz CT molecular complexity index is 778. The van der Waals surface area contributed by atoms with Crippen LogP contribution in [-0.2, 0) is 19.1 Å². The van der Waals surface area contributed by atoms with Gasteiger partial charge in [-0.05, 0) is 31.2 Å². The van der Waals surface area contributed by atoms with Crippen LogP contribution < -0.4 is 10.6 Å². The average Bonchev–Trinajstić information content (AvgIpc) is 3.00. The number of thioether (sulfide) groups is 1. The molecule has 0 aliphatic rings. The van der Waals surface area contributed by atoms with Gasteiger partial charge in [-0.3, -0.25) is 14.4 Å². The molecule has 0 spiro atoms. The maximum Gasteiger partial charge on any atom is 0.316 e. The van der Waals surface area contributed by atoms with Gasteiger partial charge in [0.1, 0.15) is 5.76 Å². The van der Waals surface area contributed by atoms with Gasteiger partial charge in [0.05, 0.1) is 11.5 Å². The molecular formula is C16H16ClN3O5S. The summed E-state index contributed by atoms with van der Waals surface area (Å²) in [6, 6.07) is 8.21. The molecular weight excluding hydrogens is 382 g/mol. The Morgan fingerprint density at radius 1 is 1.15 bits per heavy atom. The van der Waals surface area contributed by atoms with Crippen LogP contribution in [0.5, 0.6) is 0 Å². The molecule has 1 aromatic carbocycles. The average molecular weight is 398 g/mol. The lowest BCUT2D eigenvalue weighted by atomic mass is 10.3. The zero-order chi connectivity index (χ0) is 18.9. The van der Waals surface area contributed by atoms with E-state index in [0.29, 0.717) is 16.5 Å². The molecule has 138 valence electrons. The summed E-state index contributed by atoms with van der Waals surface area (Å²) in [6.45, 7) is 1.24. The fraction of sp³-hybridized carbons (Fsp3) is 0.250. The highest BCUT2D eigenvalue weighted by molar-refractivity contribution is 8.00. The van der Waals surface area contributed by atoms with Gasteiger partial charge in [-0.1, -0.05) is 16.8 Å². The molecule has 0 atom stereocenters. The predicted molar refractivity (Wildman–Crippen MR) is 98.2 cm³/mol. The van der Waals surface area contributed by atoms with Crippen molar-refractivity contribution in [1.29, 1.82) is 0 Å². The van der Waals surface area contributed by atoms with E-state index in [9.17, 15) is 14.4 Å². The maximum absolute atomic E-state index is 11.8. The van der Waals surface area contributed by atoms with Crippen LogP contribution in [-0.4, -0.2) is 41.1 Å². The number of rotatable bonds is 8. The molecule has 0 aliphatic heterocycles. The molecule has 0 radical (unpaired) electrons. The van der Waals surface area contributed by atoms with E-state index >= 15 is 0 Å². The largest absolute Gasteiger partial charge is 0.455 e. The van der Waals surface area contributed by atoms with Gasteiger partial charge in [-0.25, -0.2) is 0 Å². The first kappa shape index (κ1) is 19.8. The van der Waals surface area contributed by atoms with E-state index in [1.54, 1.807) is 31.2 Å². The fourth-order valence-electron chi connectivity index (χ4n) is 1.75. The Labute approximate surface area is 158 Å². The molecule has 0 bridgehead atoms. The summed E-state index contributed by atoms with van der Waals surface area (Å²) in [5.41, 5.74) is 0.613. The Hall–Kier alpha value is -2.52.